The van der Waals surface area contributed by atoms with Crippen LogP contribution in [0.15, 0.2) is 30.5 Å². The highest BCUT2D eigenvalue weighted by Gasteiger charge is 2.47. The lowest BCUT2D eigenvalue weighted by Crippen LogP contribution is -2.28. The van der Waals surface area contributed by atoms with Gasteiger partial charge in [-0.05, 0) is 50.5 Å². The predicted octanol–water partition coefficient (Wildman–Crippen LogP) is 5.31. The highest BCUT2D eigenvalue weighted by Crippen LogP contribution is 2.62. The van der Waals surface area contributed by atoms with E-state index in [0.717, 1.165) is 0 Å². The number of ether oxygens (including phenoxy) is 2. The summed E-state index contributed by atoms with van der Waals surface area (Å²) in [5.74, 6) is 1.46. The zero-order valence-electron chi connectivity index (χ0n) is 17.7. The molecule has 0 saturated carbocycles. The molecule has 0 aliphatic rings. The van der Waals surface area contributed by atoms with Crippen LogP contribution in [0.1, 0.15) is 39.2 Å². The van der Waals surface area contributed by atoms with Crippen LogP contribution in [0.4, 0.5) is 5.82 Å². The second kappa shape index (κ2) is 9.37. The molecule has 0 aliphatic heterocycles. The van der Waals surface area contributed by atoms with Crippen LogP contribution in [-0.2, 0) is 9.19 Å². The number of aromatic nitrogens is 1. The van der Waals surface area contributed by atoms with Crippen LogP contribution in [0.2, 0.25) is 0 Å². The number of benzene rings is 1. The minimum Gasteiger partial charge on any atom is -0.504 e. The van der Waals surface area contributed by atoms with Gasteiger partial charge in [-0.15, -0.1) is 0 Å². The molecule has 1 atom stereocenters. The molecule has 0 bridgehead atoms. The maximum Gasteiger partial charge on any atom is 0.406 e. The molecule has 29 heavy (non-hydrogen) atoms. The summed E-state index contributed by atoms with van der Waals surface area (Å²) in [6, 6.07) is 6.42. The highest BCUT2D eigenvalue weighted by atomic mass is 31.2. The van der Waals surface area contributed by atoms with Crippen LogP contribution in [0.3, 0.4) is 0 Å². The van der Waals surface area contributed by atoms with Crippen molar-refractivity contribution >= 4 is 13.4 Å². The Morgan fingerprint density at radius 3 is 2.34 bits per heavy atom. The average Bonchev–Trinajstić information content (AvgIpc) is 2.74. The fraction of sp³-hybridized carbons (Fsp3) is 0.450. The molecule has 8 nitrogen and oxygen atoms in total. The third-order valence-corrected chi connectivity index (χ3v) is 7.85. The minimum atomic E-state index is -3.73. The molecule has 0 amide bonds. The second-order valence-electron chi connectivity index (χ2n) is 6.86. The summed E-state index contributed by atoms with van der Waals surface area (Å²) in [6.07, 6.45) is 2.64. The number of aryl methyl sites for hydroxylation is 1. The Kier molecular flexibility index (Phi) is 7.38. The average molecular weight is 424 g/mol. The van der Waals surface area contributed by atoms with Crippen molar-refractivity contribution in [2.24, 2.45) is 0 Å². The molecule has 0 radical (unpaired) electrons. The lowest BCUT2D eigenvalue weighted by atomic mass is 10.1. The standard InChI is InChI=1S/C20H29N2O6P/c1-7-20(4,8-2)29(24,28-22-18-10-9-15(25-5)13-21-18)27-16-11-14(3)19(23)17(12-16)26-6/h9-13,23H,7-8H2,1-6H3,(H,21,22). The quantitative estimate of drug-likeness (QED) is 0.391. The summed E-state index contributed by atoms with van der Waals surface area (Å²) >= 11 is 0. The van der Waals surface area contributed by atoms with Crippen molar-refractivity contribution in [2.75, 3.05) is 19.7 Å². The van der Waals surface area contributed by atoms with Gasteiger partial charge in [0, 0.05) is 6.07 Å². The first-order valence-electron chi connectivity index (χ1n) is 9.34. The largest absolute Gasteiger partial charge is 0.504 e. The van der Waals surface area contributed by atoms with E-state index in [4.69, 9.17) is 18.6 Å². The van der Waals surface area contributed by atoms with Gasteiger partial charge in [-0.3, -0.25) is 0 Å². The van der Waals surface area contributed by atoms with Crippen molar-refractivity contribution in [1.82, 2.24) is 4.98 Å². The zero-order chi connectivity index (χ0) is 21.7. The second-order valence-corrected chi connectivity index (χ2v) is 9.30. The molecule has 2 aromatic rings. The Hall–Kier alpha value is -2.44. The van der Waals surface area contributed by atoms with Gasteiger partial charge >= 0.3 is 7.60 Å². The van der Waals surface area contributed by atoms with Gasteiger partial charge < -0.3 is 19.1 Å². The number of nitrogens with one attached hydrogen (secondary N) is 1. The van der Waals surface area contributed by atoms with Crippen LogP contribution in [0, 0.1) is 6.92 Å². The number of rotatable bonds is 10. The first-order valence-corrected chi connectivity index (χ1v) is 10.9. The first kappa shape index (κ1) is 22.8. The van der Waals surface area contributed by atoms with Gasteiger partial charge in [0.15, 0.2) is 11.5 Å². The summed E-state index contributed by atoms with van der Waals surface area (Å²) < 4.78 is 35.7. The lowest BCUT2D eigenvalue weighted by Gasteiger charge is -2.34. The Morgan fingerprint density at radius 1 is 1.14 bits per heavy atom. The van der Waals surface area contributed by atoms with E-state index in [1.807, 2.05) is 20.8 Å². The molecule has 160 valence electrons. The number of phenols is 1. The summed E-state index contributed by atoms with van der Waals surface area (Å²) in [7, 11) is -0.748. The van der Waals surface area contributed by atoms with Crippen LogP contribution >= 0.6 is 7.60 Å². The molecular weight excluding hydrogens is 395 g/mol. The minimum absolute atomic E-state index is 0.00454. The highest BCUT2D eigenvalue weighted by molar-refractivity contribution is 7.56. The van der Waals surface area contributed by atoms with Crippen LogP contribution in [-0.4, -0.2) is 29.5 Å². The molecular formula is C20H29N2O6P. The fourth-order valence-electron chi connectivity index (χ4n) is 2.61. The number of methoxy groups -OCH3 is 2. The number of anilines is 1. The molecule has 0 spiro atoms. The summed E-state index contributed by atoms with van der Waals surface area (Å²) in [5.41, 5.74) is 3.18. The van der Waals surface area contributed by atoms with E-state index in [1.165, 1.54) is 19.4 Å². The van der Waals surface area contributed by atoms with E-state index in [-0.39, 0.29) is 17.2 Å². The molecule has 0 saturated heterocycles. The van der Waals surface area contributed by atoms with Gasteiger partial charge in [0.2, 0.25) is 0 Å². The lowest BCUT2D eigenvalue weighted by molar-refractivity contribution is 0.278. The van der Waals surface area contributed by atoms with E-state index in [2.05, 4.69) is 10.5 Å². The number of phenolic OH excluding ortho intramolecular Hbond substituents is 1. The first-order chi connectivity index (χ1) is 13.7. The molecule has 1 aromatic heterocycles. The number of aromatic hydroxyl groups is 1. The van der Waals surface area contributed by atoms with Gasteiger partial charge in [-0.2, -0.15) is 4.62 Å². The molecule has 1 unspecified atom stereocenters. The Bertz CT molecular complexity index is 868. The van der Waals surface area contributed by atoms with Gasteiger partial charge in [-0.25, -0.2) is 15.0 Å². The van der Waals surface area contributed by atoms with Gasteiger partial charge in [-0.1, -0.05) is 13.8 Å². The van der Waals surface area contributed by atoms with E-state index in [1.54, 1.807) is 32.2 Å². The molecule has 2 rings (SSSR count). The molecule has 0 aliphatic carbocycles. The van der Waals surface area contributed by atoms with Gasteiger partial charge in [0.1, 0.15) is 17.3 Å². The molecule has 1 heterocycles. The van der Waals surface area contributed by atoms with Crippen LogP contribution in [0.5, 0.6) is 23.0 Å². The topological polar surface area (TPSA) is 99.1 Å². The van der Waals surface area contributed by atoms with Crippen molar-refractivity contribution in [3.63, 3.8) is 0 Å². The molecule has 0 fully saturated rings. The smallest absolute Gasteiger partial charge is 0.406 e. The maximum atomic E-state index is 13.9. The Balaban J connectivity index is 2.35. The molecule has 2 N–H and O–H groups in total. The van der Waals surface area contributed by atoms with Crippen molar-refractivity contribution in [3.05, 3.63) is 36.0 Å². The molecule has 1 aromatic carbocycles. The monoisotopic (exact) mass is 424 g/mol. The summed E-state index contributed by atoms with van der Waals surface area (Å²) in [5, 5.41) is 9.30. The van der Waals surface area contributed by atoms with Crippen molar-refractivity contribution in [1.29, 1.82) is 0 Å². The van der Waals surface area contributed by atoms with Crippen LogP contribution in [0.25, 0.3) is 0 Å². The SMILES string of the molecule is CCC(C)(CC)P(=O)(ONc1ccc(OC)cn1)Oc1cc(C)c(O)c(OC)c1. The van der Waals surface area contributed by atoms with Crippen molar-refractivity contribution in [2.45, 2.75) is 45.7 Å². The van der Waals surface area contributed by atoms with Gasteiger partial charge in [0.05, 0.1) is 25.6 Å². The van der Waals surface area contributed by atoms with E-state index in [0.29, 0.717) is 30.0 Å². The number of hydrogen-bond acceptors (Lipinski definition) is 8. The van der Waals surface area contributed by atoms with Crippen molar-refractivity contribution in [3.8, 4) is 23.0 Å². The fourth-order valence-corrected chi connectivity index (χ4v) is 4.46. The van der Waals surface area contributed by atoms with E-state index < -0.39 is 12.8 Å². The van der Waals surface area contributed by atoms with Crippen molar-refractivity contribution < 1.29 is 28.3 Å². The molecule has 9 heteroatoms. The number of hydrogen-bond donors (Lipinski definition) is 2. The van der Waals surface area contributed by atoms with E-state index in [9.17, 15) is 9.67 Å². The predicted molar refractivity (Wildman–Crippen MR) is 112 cm³/mol. The summed E-state index contributed by atoms with van der Waals surface area (Å²) in [4.78, 5) is 4.16. The zero-order valence-corrected chi connectivity index (χ0v) is 18.6. The van der Waals surface area contributed by atoms with Crippen LogP contribution < -0.4 is 19.5 Å². The third-order valence-electron chi connectivity index (χ3n) is 5.11. The maximum absolute atomic E-state index is 13.9. The Morgan fingerprint density at radius 2 is 1.83 bits per heavy atom. The van der Waals surface area contributed by atoms with E-state index >= 15 is 0 Å². The normalized spacial score (nSPS) is 13.4. The number of nitrogens with zero attached hydrogens (tertiary/aromatic N) is 1. The number of pyridine rings is 1. The van der Waals surface area contributed by atoms with Gasteiger partial charge in [0.25, 0.3) is 0 Å². The Labute approximate surface area is 171 Å². The third kappa shape index (κ3) is 4.95. The summed E-state index contributed by atoms with van der Waals surface area (Å²) in [6.45, 7) is 7.41.